The zero-order chi connectivity index (χ0) is 23.3. The normalized spacial score (nSPS) is 25.4. The summed E-state index contributed by atoms with van der Waals surface area (Å²) in [5, 5.41) is 9.02. The molecule has 2 rings (SSSR count). The molecule has 1 fully saturated rings. The summed E-state index contributed by atoms with van der Waals surface area (Å²) >= 11 is 0. The van der Waals surface area contributed by atoms with Gasteiger partial charge in [0.2, 0.25) is 0 Å². The number of aliphatic carboxylic acids is 1. The molecule has 1 aliphatic heterocycles. The standard InChI is InChI=1S/C21H33N3O8/c1-27-17-15(12-29-10-6-9-24-21(22)23)32-20(31-13-16(25)26)19(28-2)18(17)30-11-14-7-4-3-5-8-14/h3-5,7-8,15,17-20H,6,9-13H2,1-2H3,(H,25,26)(H4,22,23,24)/t15-,17-,18+,19-,20+/m1/s1. The number of carboxylic acid groups (broad SMARTS) is 1. The van der Waals surface area contributed by atoms with Gasteiger partial charge in [-0.15, -0.1) is 0 Å². The lowest BCUT2D eigenvalue weighted by Gasteiger charge is -2.44. The Morgan fingerprint density at radius 2 is 1.81 bits per heavy atom. The molecule has 1 aromatic carbocycles. The molecule has 11 nitrogen and oxygen atoms in total. The fourth-order valence-corrected chi connectivity index (χ4v) is 3.36. The fraction of sp³-hybridized carbons (Fsp3) is 0.619. The molecule has 0 radical (unpaired) electrons. The number of methoxy groups -OCH3 is 2. The van der Waals surface area contributed by atoms with E-state index in [0.717, 1.165) is 5.56 Å². The number of benzene rings is 1. The number of ether oxygens (including phenoxy) is 6. The molecule has 5 atom stereocenters. The highest BCUT2D eigenvalue weighted by atomic mass is 16.7. The van der Waals surface area contributed by atoms with Crippen LogP contribution in [0.3, 0.4) is 0 Å². The van der Waals surface area contributed by atoms with Crippen molar-refractivity contribution >= 4 is 11.9 Å². The van der Waals surface area contributed by atoms with Gasteiger partial charge in [-0.3, -0.25) is 4.99 Å². The first-order chi connectivity index (χ1) is 15.5. The maximum atomic E-state index is 11.0. The minimum Gasteiger partial charge on any atom is -0.480 e. The van der Waals surface area contributed by atoms with Crippen LogP contribution in [-0.4, -0.2) is 88.3 Å². The van der Waals surface area contributed by atoms with Gasteiger partial charge in [-0.25, -0.2) is 4.79 Å². The summed E-state index contributed by atoms with van der Waals surface area (Å²) in [6, 6.07) is 9.64. The minimum atomic E-state index is -1.12. The number of nitrogens with two attached hydrogens (primary N) is 2. The molecule has 0 saturated carbocycles. The Morgan fingerprint density at radius 1 is 1.09 bits per heavy atom. The first-order valence-corrected chi connectivity index (χ1v) is 10.3. The average Bonchev–Trinajstić information content (AvgIpc) is 2.78. The van der Waals surface area contributed by atoms with E-state index in [0.29, 0.717) is 26.2 Å². The molecule has 0 amide bonds. The Hall–Kier alpha value is -2.28. The van der Waals surface area contributed by atoms with Crippen LogP contribution in [0.2, 0.25) is 0 Å². The Labute approximate surface area is 187 Å². The maximum absolute atomic E-state index is 11.0. The smallest absolute Gasteiger partial charge is 0.329 e. The van der Waals surface area contributed by atoms with Crippen LogP contribution in [0.25, 0.3) is 0 Å². The van der Waals surface area contributed by atoms with Crippen LogP contribution < -0.4 is 11.5 Å². The van der Waals surface area contributed by atoms with E-state index in [1.807, 2.05) is 30.3 Å². The van der Waals surface area contributed by atoms with E-state index in [-0.39, 0.29) is 12.6 Å². The van der Waals surface area contributed by atoms with Gasteiger partial charge in [0.15, 0.2) is 12.2 Å². The zero-order valence-electron chi connectivity index (χ0n) is 18.4. The van der Waals surface area contributed by atoms with Gasteiger partial charge in [0.05, 0.1) is 13.2 Å². The summed E-state index contributed by atoms with van der Waals surface area (Å²) in [6.45, 7) is 0.787. The summed E-state index contributed by atoms with van der Waals surface area (Å²) in [7, 11) is 3.03. The highest BCUT2D eigenvalue weighted by Crippen LogP contribution is 2.29. The molecule has 180 valence electrons. The van der Waals surface area contributed by atoms with Gasteiger partial charge in [0.25, 0.3) is 0 Å². The third-order valence-electron chi connectivity index (χ3n) is 4.82. The van der Waals surface area contributed by atoms with Crippen molar-refractivity contribution in [2.45, 2.75) is 43.7 Å². The van der Waals surface area contributed by atoms with Crippen LogP contribution in [0, 0.1) is 0 Å². The van der Waals surface area contributed by atoms with Crippen molar-refractivity contribution in [2.75, 3.05) is 40.6 Å². The van der Waals surface area contributed by atoms with Gasteiger partial charge in [0.1, 0.15) is 31.0 Å². The van der Waals surface area contributed by atoms with Gasteiger partial charge in [-0.1, -0.05) is 30.3 Å². The number of nitrogens with zero attached hydrogens (tertiary/aromatic N) is 1. The summed E-state index contributed by atoms with van der Waals surface area (Å²) in [5.41, 5.74) is 11.6. The average molecular weight is 456 g/mol. The van der Waals surface area contributed by atoms with Crippen molar-refractivity contribution in [3.63, 3.8) is 0 Å². The number of hydrogen-bond acceptors (Lipinski definition) is 8. The molecule has 11 heteroatoms. The van der Waals surface area contributed by atoms with E-state index in [1.54, 1.807) is 7.11 Å². The van der Waals surface area contributed by atoms with Crippen molar-refractivity contribution in [3.05, 3.63) is 35.9 Å². The predicted molar refractivity (Wildman–Crippen MR) is 115 cm³/mol. The largest absolute Gasteiger partial charge is 0.480 e. The number of carbonyl (C=O) groups is 1. The van der Waals surface area contributed by atoms with Gasteiger partial charge < -0.3 is 45.0 Å². The Bertz CT molecular complexity index is 702. The van der Waals surface area contributed by atoms with Crippen molar-refractivity contribution in [1.29, 1.82) is 0 Å². The van der Waals surface area contributed by atoms with Crippen LogP contribution in [-0.2, 0) is 39.8 Å². The molecule has 0 unspecified atom stereocenters. The quantitative estimate of drug-likeness (QED) is 0.200. The predicted octanol–water partition coefficient (Wildman–Crippen LogP) is 0.108. The molecular formula is C21H33N3O8. The van der Waals surface area contributed by atoms with E-state index in [9.17, 15) is 4.79 Å². The molecule has 0 aromatic heterocycles. The van der Waals surface area contributed by atoms with Crippen molar-refractivity contribution in [2.24, 2.45) is 16.5 Å². The molecule has 1 heterocycles. The van der Waals surface area contributed by atoms with Gasteiger partial charge in [-0.2, -0.15) is 0 Å². The molecule has 0 bridgehead atoms. The Kier molecular flexibility index (Phi) is 11.4. The second-order valence-electron chi connectivity index (χ2n) is 7.14. The molecule has 5 N–H and O–H groups in total. The van der Waals surface area contributed by atoms with E-state index >= 15 is 0 Å². The lowest BCUT2D eigenvalue weighted by molar-refractivity contribution is -0.317. The summed E-state index contributed by atoms with van der Waals surface area (Å²) in [4.78, 5) is 14.9. The molecular weight excluding hydrogens is 422 g/mol. The van der Waals surface area contributed by atoms with Gasteiger partial charge in [-0.05, 0) is 12.0 Å². The fourth-order valence-electron chi connectivity index (χ4n) is 3.36. The SMILES string of the molecule is CO[C@H]1[C@@H](OCC(=O)O)O[C@H](COCCCN=C(N)N)[C@@H](OC)[C@@H]1OCc1ccccc1. The Morgan fingerprint density at radius 3 is 2.44 bits per heavy atom. The topological polar surface area (TPSA) is 157 Å². The van der Waals surface area contributed by atoms with Crippen molar-refractivity contribution in [3.8, 4) is 0 Å². The molecule has 1 aromatic rings. The third kappa shape index (κ3) is 8.34. The Balaban J connectivity index is 2.07. The molecule has 0 spiro atoms. The van der Waals surface area contributed by atoms with E-state index in [1.165, 1.54) is 7.11 Å². The summed E-state index contributed by atoms with van der Waals surface area (Å²) in [6.07, 6.45) is -2.76. The van der Waals surface area contributed by atoms with Gasteiger partial charge >= 0.3 is 5.97 Å². The van der Waals surface area contributed by atoms with Crippen LogP contribution >= 0.6 is 0 Å². The monoisotopic (exact) mass is 455 g/mol. The molecule has 0 aliphatic carbocycles. The summed E-state index contributed by atoms with van der Waals surface area (Å²) in [5.74, 6) is -1.09. The second kappa shape index (κ2) is 14.0. The van der Waals surface area contributed by atoms with E-state index < -0.39 is 43.3 Å². The minimum absolute atomic E-state index is 0.0301. The number of guanidine groups is 1. The maximum Gasteiger partial charge on any atom is 0.329 e. The highest BCUT2D eigenvalue weighted by Gasteiger charge is 2.48. The number of carboxylic acids is 1. The lowest BCUT2D eigenvalue weighted by Crippen LogP contribution is -2.61. The third-order valence-corrected chi connectivity index (χ3v) is 4.82. The van der Waals surface area contributed by atoms with Crippen LogP contribution in [0.4, 0.5) is 0 Å². The number of hydrogen-bond donors (Lipinski definition) is 3. The first kappa shape index (κ1) is 26.0. The van der Waals surface area contributed by atoms with Crippen molar-refractivity contribution < 1.29 is 38.3 Å². The van der Waals surface area contributed by atoms with Crippen LogP contribution in [0.1, 0.15) is 12.0 Å². The van der Waals surface area contributed by atoms with Crippen molar-refractivity contribution in [1.82, 2.24) is 0 Å². The lowest BCUT2D eigenvalue weighted by atomic mass is 9.98. The van der Waals surface area contributed by atoms with Crippen LogP contribution in [0.5, 0.6) is 0 Å². The van der Waals surface area contributed by atoms with Gasteiger partial charge in [0, 0.05) is 27.4 Å². The second-order valence-corrected chi connectivity index (χ2v) is 7.14. The van der Waals surface area contributed by atoms with Crippen LogP contribution in [0.15, 0.2) is 35.3 Å². The van der Waals surface area contributed by atoms with E-state index in [2.05, 4.69) is 4.99 Å². The first-order valence-electron chi connectivity index (χ1n) is 10.3. The zero-order valence-corrected chi connectivity index (χ0v) is 18.4. The number of aliphatic imine (C=N–C) groups is 1. The van der Waals surface area contributed by atoms with E-state index in [4.69, 9.17) is 45.0 Å². The molecule has 1 aliphatic rings. The molecule has 1 saturated heterocycles. The number of rotatable bonds is 14. The molecule has 32 heavy (non-hydrogen) atoms. The highest BCUT2D eigenvalue weighted by molar-refractivity contribution is 5.75. The summed E-state index contributed by atoms with van der Waals surface area (Å²) < 4.78 is 34.5.